The van der Waals surface area contributed by atoms with Gasteiger partial charge in [-0.2, -0.15) is 0 Å². The van der Waals surface area contributed by atoms with E-state index in [0.717, 1.165) is 28.3 Å². The zero-order valence-electron chi connectivity index (χ0n) is 9.28. The maximum absolute atomic E-state index is 6.04. The van der Waals surface area contributed by atoms with E-state index in [-0.39, 0.29) is 0 Å². The Morgan fingerprint density at radius 3 is 2.53 bits per heavy atom. The van der Waals surface area contributed by atoms with Gasteiger partial charge in [0.05, 0.1) is 23.4 Å². The molecule has 0 aliphatic rings. The smallest absolute Gasteiger partial charge is 0.0998 e. The first-order chi connectivity index (χ1) is 7.11. The molecule has 2 N–H and O–H groups in total. The molecule has 3 nitrogen and oxygen atoms in total. The van der Waals surface area contributed by atoms with Gasteiger partial charge in [0.25, 0.3) is 0 Å². The van der Waals surface area contributed by atoms with Gasteiger partial charge in [0.15, 0.2) is 0 Å². The summed E-state index contributed by atoms with van der Waals surface area (Å²) in [4.78, 5) is 4.27. The monoisotopic (exact) mass is 201 g/mol. The number of rotatable bonds is 1. The predicted octanol–water partition coefficient (Wildman–Crippen LogP) is 2.38. The summed E-state index contributed by atoms with van der Waals surface area (Å²) in [7, 11) is 0. The van der Waals surface area contributed by atoms with Crippen molar-refractivity contribution >= 4 is 5.69 Å². The van der Waals surface area contributed by atoms with Crippen LogP contribution in [0.25, 0.3) is 5.69 Å². The van der Waals surface area contributed by atoms with E-state index in [0.29, 0.717) is 0 Å². The standard InChI is InChI=1S/C12H15N3/c1-8-5-4-6-11(12(8)13)15-7-14-9(2)10(15)3/h4-7H,13H2,1-3H3. The van der Waals surface area contributed by atoms with Crippen LogP contribution in [-0.4, -0.2) is 9.55 Å². The summed E-state index contributed by atoms with van der Waals surface area (Å²) in [5.41, 5.74) is 11.1. The van der Waals surface area contributed by atoms with Crippen LogP contribution in [-0.2, 0) is 0 Å². The maximum Gasteiger partial charge on any atom is 0.0998 e. The van der Waals surface area contributed by atoms with Crippen LogP contribution in [0.2, 0.25) is 0 Å². The number of para-hydroxylation sites is 1. The van der Waals surface area contributed by atoms with Crippen molar-refractivity contribution in [1.82, 2.24) is 9.55 Å². The molecule has 0 fully saturated rings. The fourth-order valence-corrected chi connectivity index (χ4v) is 1.62. The number of nitrogens with two attached hydrogens (primary N) is 1. The normalized spacial score (nSPS) is 10.6. The molecule has 0 spiro atoms. The molecule has 0 saturated heterocycles. The van der Waals surface area contributed by atoms with Crippen molar-refractivity contribution in [3.8, 4) is 5.69 Å². The SMILES string of the molecule is Cc1cccc(-n2cnc(C)c2C)c1N. The van der Waals surface area contributed by atoms with Gasteiger partial charge in [-0.15, -0.1) is 0 Å². The Morgan fingerprint density at radius 2 is 1.93 bits per heavy atom. The molecule has 2 aromatic rings. The van der Waals surface area contributed by atoms with Gasteiger partial charge in [0.2, 0.25) is 0 Å². The van der Waals surface area contributed by atoms with Crippen molar-refractivity contribution in [3.05, 3.63) is 41.5 Å². The summed E-state index contributed by atoms with van der Waals surface area (Å²) >= 11 is 0. The first-order valence-corrected chi connectivity index (χ1v) is 4.97. The summed E-state index contributed by atoms with van der Waals surface area (Å²) in [6.07, 6.45) is 1.82. The molecule has 0 radical (unpaired) electrons. The lowest BCUT2D eigenvalue weighted by Gasteiger charge is -2.10. The Bertz CT molecular complexity index is 498. The fraction of sp³-hybridized carbons (Fsp3) is 0.250. The third-order valence-corrected chi connectivity index (χ3v) is 2.81. The van der Waals surface area contributed by atoms with E-state index < -0.39 is 0 Å². The number of aryl methyl sites for hydroxylation is 2. The highest BCUT2D eigenvalue weighted by Crippen LogP contribution is 2.22. The molecule has 0 aliphatic heterocycles. The summed E-state index contributed by atoms with van der Waals surface area (Å²) in [5.74, 6) is 0. The number of hydrogen-bond donors (Lipinski definition) is 1. The second-order valence-corrected chi connectivity index (χ2v) is 3.79. The minimum absolute atomic E-state index is 0.818. The first-order valence-electron chi connectivity index (χ1n) is 4.97. The van der Waals surface area contributed by atoms with E-state index in [1.165, 1.54) is 0 Å². The lowest BCUT2D eigenvalue weighted by Crippen LogP contribution is -2.02. The van der Waals surface area contributed by atoms with Gasteiger partial charge >= 0.3 is 0 Å². The molecule has 0 saturated carbocycles. The van der Waals surface area contributed by atoms with Crippen LogP contribution < -0.4 is 5.73 Å². The lowest BCUT2D eigenvalue weighted by atomic mass is 10.1. The number of hydrogen-bond acceptors (Lipinski definition) is 2. The summed E-state index contributed by atoms with van der Waals surface area (Å²) in [6.45, 7) is 6.06. The predicted molar refractivity (Wildman–Crippen MR) is 62.2 cm³/mol. The lowest BCUT2D eigenvalue weighted by molar-refractivity contribution is 1.00. The zero-order chi connectivity index (χ0) is 11.0. The van der Waals surface area contributed by atoms with Crippen LogP contribution in [0.1, 0.15) is 17.0 Å². The second-order valence-electron chi connectivity index (χ2n) is 3.79. The van der Waals surface area contributed by atoms with E-state index in [1.54, 1.807) is 0 Å². The molecule has 1 aromatic heterocycles. The molecule has 15 heavy (non-hydrogen) atoms. The van der Waals surface area contributed by atoms with Crippen molar-refractivity contribution in [2.75, 3.05) is 5.73 Å². The molecular weight excluding hydrogens is 186 g/mol. The molecule has 0 atom stereocenters. The molecule has 0 bridgehead atoms. The minimum atomic E-state index is 0.818. The molecule has 0 unspecified atom stereocenters. The Hall–Kier alpha value is -1.77. The largest absolute Gasteiger partial charge is 0.397 e. The van der Waals surface area contributed by atoms with E-state index in [2.05, 4.69) is 4.98 Å². The molecule has 0 aliphatic carbocycles. The second kappa shape index (κ2) is 3.42. The molecule has 1 aromatic carbocycles. The zero-order valence-corrected chi connectivity index (χ0v) is 9.28. The van der Waals surface area contributed by atoms with E-state index in [9.17, 15) is 0 Å². The Labute approximate surface area is 89.6 Å². The minimum Gasteiger partial charge on any atom is -0.397 e. The van der Waals surface area contributed by atoms with Gasteiger partial charge in [-0.3, -0.25) is 0 Å². The van der Waals surface area contributed by atoms with Crippen molar-refractivity contribution in [1.29, 1.82) is 0 Å². The number of aromatic nitrogens is 2. The summed E-state index contributed by atoms with van der Waals surface area (Å²) in [6, 6.07) is 6.03. The highest BCUT2D eigenvalue weighted by molar-refractivity contribution is 5.62. The van der Waals surface area contributed by atoms with Crippen LogP contribution in [0, 0.1) is 20.8 Å². The van der Waals surface area contributed by atoms with E-state index in [4.69, 9.17) is 5.73 Å². The van der Waals surface area contributed by atoms with Gasteiger partial charge in [0, 0.05) is 5.69 Å². The van der Waals surface area contributed by atoms with Gasteiger partial charge in [0.1, 0.15) is 0 Å². The average molecular weight is 201 g/mol. The molecule has 1 heterocycles. The van der Waals surface area contributed by atoms with Gasteiger partial charge < -0.3 is 10.3 Å². The summed E-state index contributed by atoms with van der Waals surface area (Å²) < 4.78 is 2.03. The number of nitrogens with zero attached hydrogens (tertiary/aromatic N) is 2. The Balaban J connectivity index is 2.64. The Morgan fingerprint density at radius 1 is 1.20 bits per heavy atom. The van der Waals surface area contributed by atoms with Gasteiger partial charge in [-0.25, -0.2) is 4.98 Å². The highest BCUT2D eigenvalue weighted by atomic mass is 15.1. The maximum atomic E-state index is 6.04. The number of anilines is 1. The average Bonchev–Trinajstić information content (AvgIpc) is 2.53. The highest BCUT2D eigenvalue weighted by Gasteiger charge is 2.07. The van der Waals surface area contributed by atoms with Gasteiger partial charge in [-0.05, 0) is 32.4 Å². The molecular formula is C12H15N3. The van der Waals surface area contributed by atoms with Crippen molar-refractivity contribution in [2.45, 2.75) is 20.8 Å². The molecule has 78 valence electrons. The topological polar surface area (TPSA) is 43.8 Å². The van der Waals surface area contributed by atoms with E-state index in [1.807, 2.05) is 49.9 Å². The Kier molecular flexibility index (Phi) is 2.23. The van der Waals surface area contributed by atoms with Crippen molar-refractivity contribution in [2.24, 2.45) is 0 Å². The third kappa shape index (κ3) is 1.50. The summed E-state index contributed by atoms with van der Waals surface area (Å²) in [5, 5.41) is 0. The quantitative estimate of drug-likeness (QED) is 0.720. The molecule has 3 heteroatoms. The van der Waals surface area contributed by atoms with Crippen LogP contribution >= 0.6 is 0 Å². The van der Waals surface area contributed by atoms with Crippen LogP contribution in [0.3, 0.4) is 0 Å². The number of imidazole rings is 1. The van der Waals surface area contributed by atoms with Crippen molar-refractivity contribution < 1.29 is 0 Å². The first kappa shape index (κ1) is 9.77. The van der Waals surface area contributed by atoms with E-state index >= 15 is 0 Å². The molecule has 2 rings (SSSR count). The van der Waals surface area contributed by atoms with Crippen molar-refractivity contribution in [3.63, 3.8) is 0 Å². The molecule has 0 amide bonds. The number of nitrogen functional groups attached to an aromatic ring is 1. The van der Waals surface area contributed by atoms with Gasteiger partial charge in [-0.1, -0.05) is 12.1 Å². The van der Waals surface area contributed by atoms with Crippen LogP contribution in [0.4, 0.5) is 5.69 Å². The van der Waals surface area contributed by atoms with Crippen LogP contribution in [0.5, 0.6) is 0 Å². The number of benzene rings is 1. The third-order valence-electron chi connectivity index (χ3n) is 2.81. The fourth-order valence-electron chi connectivity index (χ4n) is 1.62. The van der Waals surface area contributed by atoms with Crippen LogP contribution in [0.15, 0.2) is 24.5 Å².